The number of nitrogen functional groups attached to an aromatic ring is 1. The predicted molar refractivity (Wildman–Crippen MR) is 69.6 cm³/mol. The first-order valence-corrected chi connectivity index (χ1v) is 5.70. The van der Waals surface area contributed by atoms with Crippen LogP contribution in [0.5, 0.6) is 0 Å². The molecule has 0 unspecified atom stereocenters. The highest BCUT2D eigenvalue weighted by Gasteiger charge is 2.23. The maximum atomic E-state index is 12.2. The monoisotopic (exact) mass is 268 g/mol. The number of hydrazine groups is 1. The molecule has 0 radical (unpaired) electrons. The Morgan fingerprint density at radius 3 is 2.74 bits per heavy atom. The number of nitro groups is 1. The minimum absolute atomic E-state index is 0.0334. The first-order chi connectivity index (χ1) is 9.06. The number of nitrogens with one attached hydrogen (secondary N) is 1. The molecule has 0 aliphatic rings. The molecule has 0 saturated heterocycles. The van der Waals surface area contributed by atoms with E-state index in [4.69, 9.17) is 10.9 Å². The highest BCUT2D eigenvalue weighted by Crippen LogP contribution is 2.28. The van der Waals surface area contributed by atoms with Crippen LogP contribution in [0.2, 0.25) is 0 Å². The van der Waals surface area contributed by atoms with Crippen molar-refractivity contribution >= 4 is 17.3 Å². The van der Waals surface area contributed by atoms with Gasteiger partial charge in [0.1, 0.15) is 5.69 Å². The largest absolute Gasteiger partial charge is 0.395 e. The van der Waals surface area contributed by atoms with Crippen molar-refractivity contribution < 1.29 is 14.8 Å². The van der Waals surface area contributed by atoms with Crippen molar-refractivity contribution in [1.29, 1.82) is 0 Å². The minimum atomic E-state index is -0.617. The lowest BCUT2D eigenvalue weighted by atomic mass is 10.1. The van der Waals surface area contributed by atoms with Gasteiger partial charge in [0.2, 0.25) is 0 Å². The normalized spacial score (nSPS) is 10.1. The fourth-order valence-corrected chi connectivity index (χ4v) is 1.72. The number of aliphatic hydroxyl groups excluding tert-OH is 1. The topological polar surface area (TPSA) is 122 Å². The molecule has 8 heteroatoms. The number of benzene rings is 1. The van der Waals surface area contributed by atoms with Crippen molar-refractivity contribution in [2.45, 2.75) is 6.92 Å². The fourth-order valence-electron chi connectivity index (χ4n) is 1.72. The molecule has 104 valence electrons. The number of amides is 1. The van der Waals surface area contributed by atoms with Crippen LogP contribution in [0.15, 0.2) is 18.2 Å². The molecule has 0 aliphatic heterocycles. The molecule has 1 aromatic carbocycles. The van der Waals surface area contributed by atoms with E-state index in [2.05, 4.69) is 5.43 Å². The summed E-state index contributed by atoms with van der Waals surface area (Å²) in [7, 11) is 0. The van der Waals surface area contributed by atoms with E-state index in [-0.39, 0.29) is 30.1 Å². The van der Waals surface area contributed by atoms with Gasteiger partial charge in [0.05, 0.1) is 17.1 Å². The summed E-state index contributed by atoms with van der Waals surface area (Å²) in [5.74, 6) is 4.85. The third-order valence-electron chi connectivity index (χ3n) is 2.65. The maximum absolute atomic E-state index is 12.2. The molecule has 0 spiro atoms. The van der Waals surface area contributed by atoms with Gasteiger partial charge < -0.3 is 15.4 Å². The number of hydrogen-bond acceptors (Lipinski definition) is 6. The summed E-state index contributed by atoms with van der Waals surface area (Å²) in [5, 5.41) is 19.8. The van der Waals surface area contributed by atoms with Gasteiger partial charge in [0.25, 0.3) is 11.6 Å². The van der Waals surface area contributed by atoms with Gasteiger partial charge in [0, 0.05) is 19.2 Å². The smallest absolute Gasteiger partial charge is 0.294 e. The molecule has 0 fully saturated rings. The second kappa shape index (κ2) is 6.66. The van der Waals surface area contributed by atoms with Crippen molar-refractivity contribution in [3.05, 3.63) is 33.9 Å². The number of aliphatic hydroxyl groups is 1. The molecule has 8 nitrogen and oxygen atoms in total. The zero-order chi connectivity index (χ0) is 14.4. The van der Waals surface area contributed by atoms with Crippen LogP contribution in [0.25, 0.3) is 0 Å². The molecule has 1 rings (SSSR count). The van der Waals surface area contributed by atoms with Crippen molar-refractivity contribution in [3.8, 4) is 0 Å². The Morgan fingerprint density at radius 1 is 1.58 bits per heavy atom. The van der Waals surface area contributed by atoms with Crippen LogP contribution in [0, 0.1) is 10.1 Å². The predicted octanol–water partition coefficient (Wildman–Crippen LogP) is 0.335. The molecule has 0 heterocycles. The number of carbonyl (C=O) groups excluding carboxylic acids is 1. The van der Waals surface area contributed by atoms with Crippen LogP contribution in [0.4, 0.5) is 11.4 Å². The van der Waals surface area contributed by atoms with E-state index in [0.29, 0.717) is 6.54 Å². The lowest BCUT2D eigenvalue weighted by Gasteiger charge is -2.20. The quantitative estimate of drug-likeness (QED) is 0.388. The highest BCUT2D eigenvalue weighted by atomic mass is 16.6. The molecule has 1 aromatic rings. The lowest BCUT2D eigenvalue weighted by Crippen LogP contribution is -2.34. The Bertz CT molecular complexity index is 478. The number of nitrogens with two attached hydrogens (primary N) is 1. The molecule has 0 aromatic heterocycles. The summed E-state index contributed by atoms with van der Waals surface area (Å²) in [6.45, 7) is 2.11. The van der Waals surface area contributed by atoms with E-state index in [1.165, 1.54) is 23.1 Å². The number of anilines is 1. The Morgan fingerprint density at radius 2 is 2.26 bits per heavy atom. The summed E-state index contributed by atoms with van der Waals surface area (Å²) < 4.78 is 0. The first kappa shape index (κ1) is 14.9. The average Bonchev–Trinajstić information content (AvgIpc) is 2.42. The SMILES string of the molecule is CCN(CCO)C(=O)c1cccc([N+](=O)[O-])c1NN. The van der Waals surface area contributed by atoms with Crippen LogP contribution in [0.1, 0.15) is 17.3 Å². The van der Waals surface area contributed by atoms with Gasteiger partial charge in [-0.1, -0.05) is 6.07 Å². The number of rotatable bonds is 6. The third-order valence-corrected chi connectivity index (χ3v) is 2.65. The van der Waals surface area contributed by atoms with Crippen LogP contribution in [0.3, 0.4) is 0 Å². The van der Waals surface area contributed by atoms with Crippen molar-refractivity contribution in [1.82, 2.24) is 4.90 Å². The Kier molecular flexibility index (Phi) is 5.22. The molecule has 4 N–H and O–H groups in total. The molecule has 0 saturated carbocycles. The number of nitro benzene ring substituents is 1. The molecular formula is C11H16N4O4. The number of para-hydroxylation sites is 1. The first-order valence-electron chi connectivity index (χ1n) is 5.70. The van der Waals surface area contributed by atoms with Gasteiger partial charge in [0.15, 0.2) is 0 Å². The van der Waals surface area contributed by atoms with Crippen LogP contribution >= 0.6 is 0 Å². The standard InChI is InChI=1S/C11H16N4O4/c1-2-14(6-7-16)11(17)8-4-3-5-9(15(18)19)10(8)13-12/h3-5,13,16H,2,6-7,12H2,1H3. The van der Waals surface area contributed by atoms with Crippen molar-refractivity contribution in [2.24, 2.45) is 5.84 Å². The van der Waals surface area contributed by atoms with Gasteiger partial charge in [-0.2, -0.15) is 0 Å². The fraction of sp³-hybridized carbons (Fsp3) is 0.364. The zero-order valence-corrected chi connectivity index (χ0v) is 10.5. The van der Waals surface area contributed by atoms with Gasteiger partial charge >= 0.3 is 0 Å². The minimum Gasteiger partial charge on any atom is -0.395 e. The van der Waals surface area contributed by atoms with Crippen molar-refractivity contribution in [3.63, 3.8) is 0 Å². The van der Waals surface area contributed by atoms with Crippen LogP contribution in [-0.2, 0) is 0 Å². The molecular weight excluding hydrogens is 252 g/mol. The molecule has 19 heavy (non-hydrogen) atoms. The van der Waals surface area contributed by atoms with Gasteiger partial charge in [-0.05, 0) is 13.0 Å². The molecule has 0 atom stereocenters. The average molecular weight is 268 g/mol. The third kappa shape index (κ3) is 3.18. The summed E-state index contributed by atoms with van der Waals surface area (Å²) in [6.07, 6.45) is 0. The summed E-state index contributed by atoms with van der Waals surface area (Å²) in [4.78, 5) is 23.8. The molecule has 0 aliphatic carbocycles. The Hall–Kier alpha value is -2.19. The molecule has 0 bridgehead atoms. The van der Waals surface area contributed by atoms with E-state index in [9.17, 15) is 14.9 Å². The number of carbonyl (C=O) groups is 1. The second-order valence-electron chi connectivity index (χ2n) is 3.71. The van der Waals surface area contributed by atoms with Gasteiger partial charge in [-0.15, -0.1) is 0 Å². The Labute approximate surface area is 109 Å². The lowest BCUT2D eigenvalue weighted by molar-refractivity contribution is -0.384. The maximum Gasteiger partial charge on any atom is 0.294 e. The van der Waals surface area contributed by atoms with E-state index in [1.54, 1.807) is 6.92 Å². The highest BCUT2D eigenvalue weighted by molar-refractivity contribution is 6.01. The summed E-state index contributed by atoms with van der Waals surface area (Å²) >= 11 is 0. The second-order valence-corrected chi connectivity index (χ2v) is 3.71. The van der Waals surface area contributed by atoms with E-state index in [0.717, 1.165) is 0 Å². The zero-order valence-electron chi connectivity index (χ0n) is 10.5. The summed E-state index contributed by atoms with van der Waals surface area (Å²) in [5.41, 5.74) is 2.00. The van der Waals surface area contributed by atoms with Crippen LogP contribution in [-0.4, -0.2) is 40.5 Å². The number of nitrogens with zero attached hydrogens (tertiary/aromatic N) is 2. The van der Waals surface area contributed by atoms with Gasteiger partial charge in [-0.25, -0.2) is 0 Å². The summed E-state index contributed by atoms with van der Waals surface area (Å²) in [6, 6.07) is 4.12. The van der Waals surface area contributed by atoms with Gasteiger partial charge in [-0.3, -0.25) is 20.8 Å². The van der Waals surface area contributed by atoms with E-state index < -0.39 is 10.8 Å². The van der Waals surface area contributed by atoms with E-state index in [1.807, 2.05) is 0 Å². The van der Waals surface area contributed by atoms with E-state index >= 15 is 0 Å². The Balaban J connectivity index is 3.22. The van der Waals surface area contributed by atoms with Crippen LogP contribution < -0.4 is 11.3 Å². The number of hydrogen-bond donors (Lipinski definition) is 3. The molecule has 1 amide bonds. The van der Waals surface area contributed by atoms with Crippen molar-refractivity contribution in [2.75, 3.05) is 25.1 Å². The number of likely N-dealkylation sites (N-methyl/N-ethyl adjacent to an activating group) is 1.